The Bertz CT molecular complexity index is 1590. The SMILES string of the molecule is COc1cc2ccc1NC/C=C\c1cc3c(nccn3c1SC(F)(F)F)NC1CCN(CC1)C(=O)N1CC[C@H](CCNC2=O)C1. The summed E-state index contributed by atoms with van der Waals surface area (Å²) >= 11 is -0.165. The molecule has 6 aliphatic rings. The molecule has 8 bridgehead atoms. The van der Waals surface area contributed by atoms with Crippen LogP contribution in [0.5, 0.6) is 5.75 Å². The van der Waals surface area contributed by atoms with Gasteiger partial charge in [-0.1, -0.05) is 12.2 Å². The molecule has 240 valence electrons. The van der Waals surface area contributed by atoms with Gasteiger partial charge in [-0.05, 0) is 55.9 Å². The fraction of sp³-hybridized carbons (Fsp3) is 0.452. The van der Waals surface area contributed by atoms with E-state index in [1.54, 1.807) is 36.4 Å². The molecule has 3 aromatic rings. The Hall–Kier alpha value is -4.07. The summed E-state index contributed by atoms with van der Waals surface area (Å²) in [6.07, 6.45) is 9.51. The number of rotatable bonds is 2. The van der Waals surface area contributed by atoms with Gasteiger partial charge in [0.2, 0.25) is 0 Å². The predicted molar refractivity (Wildman–Crippen MR) is 168 cm³/mol. The van der Waals surface area contributed by atoms with Crippen LogP contribution in [0.2, 0.25) is 0 Å². The minimum absolute atomic E-state index is 0.0233. The number of carbonyl (C=O) groups excluding carboxylic acids is 2. The summed E-state index contributed by atoms with van der Waals surface area (Å²) < 4.78 is 48.0. The third kappa shape index (κ3) is 7.10. The van der Waals surface area contributed by atoms with Crippen LogP contribution in [0.4, 0.5) is 29.5 Å². The van der Waals surface area contributed by atoms with Crippen molar-refractivity contribution in [2.75, 3.05) is 57.0 Å². The van der Waals surface area contributed by atoms with Gasteiger partial charge in [-0.25, -0.2) is 9.78 Å². The van der Waals surface area contributed by atoms with Crippen molar-refractivity contribution in [2.24, 2.45) is 5.92 Å². The van der Waals surface area contributed by atoms with Crippen LogP contribution in [0.1, 0.15) is 41.6 Å². The molecule has 2 aromatic heterocycles. The third-order valence-electron chi connectivity index (χ3n) is 8.56. The maximum atomic E-state index is 13.7. The summed E-state index contributed by atoms with van der Waals surface area (Å²) in [5, 5.41) is 9.68. The number of amides is 3. The number of nitrogens with zero attached hydrogens (tertiary/aromatic N) is 4. The quantitative estimate of drug-likeness (QED) is 0.316. The van der Waals surface area contributed by atoms with E-state index >= 15 is 0 Å². The number of benzene rings is 1. The molecule has 0 saturated carbocycles. The molecule has 1 aromatic carbocycles. The number of nitrogens with one attached hydrogen (secondary N) is 3. The Kier molecular flexibility index (Phi) is 9.02. The van der Waals surface area contributed by atoms with Crippen LogP contribution in [-0.2, 0) is 0 Å². The Morgan fingerprint density at radius 1 is 1.02 bits per heavy atom. The Morgan fingerprint density at radius 3 is 2.60 bits per heavy atom. The standard InChI is InChI=1S/C31H36F3N7O3S/c1-44-26-18-21-4-5-24(26)35-10-2-3-22-17-25-27(36-12-16-41(25)29(22)45-31(32,33)34)38-23-8-14-39(15-9-23)30(43)40-13-7-20(19-40)6-11-37-28(21)42/h2-5,12,16-18,20,23,35H,6-11,13-15,19H2,1H3,(H,36,38)(H,37,42)/b3-2-/t20-/m0/s1. The van der Waals surface area contributed by atoms with Crippen molar-refractivity contribution in [1.82, 2.24) is 24.5 Å². The summed E-state index contributed by atoms with van der Waals surface area (Å²) in [4.78, 5) is 34.4. The molecule has 0 aliphatic carbocycles. The smallest absolute Gasteiger partial charge is 0.447 e. The molecule has 2 saturated heterocycles. The number of aromatic nitrogens is 2. The second-order valence-corrected chi connectivity index (χ2v) is 12.6. The first kappa shape index (κ1) is 30.9. The van der Waals surface area contributed by atoms with Crippen molar-refractivity contribution in [3.05, 3.63) is 53.9 Å². The van der Waals surface area contributed by atoms with Gasteiger partial charge in [0.15, 0.2) is 5.82 Å². The number of methoxy groups -OCH3 is 1. The molecule has 10 nitrogen and oxygen atoms in total. The number of carbonyl (C=O) groups is 2. The van der Waals surface area contributed by atoms with Gasteiger partial charge in [0.05, 0.1) is 23.3 Å². The van der Waals surface area contributed by atoms with E-state index in [9.17, 15) is 22.8 Å². The number of hydrogen-bond acceptors (Lipinski definition) is 7. The average Bonchev–Trinajstić information content (AvgIpc) is 3.63. The summed E-state index contributed by atoms with van der Waals surface area (Å²) in [5.41, 5.74) is -2.43. The maximum absolute atomic E-state index is 13.7. The molecule has 3 N–H and O–H groups in total. The van der Waals surface area contributed by atoms with E-state index in [-0.39, 0.29) is 34.8 Å². The van der Waals surface area contributed by atoms with Crippen LogP contribution < -0.4 is 20.7 Å². The van der Waals surface area contributed by atoms with Gasteiger partial charge in [0.1, 0.15) is 5.75 Å². The van der Waals surface area contributed by atoms with Gasteiger partial charge in [0, 0.05) is 80.6 Å². The van der Waals surface area contributed by atoms with Crippen molar-refractivity contribution in [2.45, 2.75) is 42.3 Å². The molecule has 0 radical (unpaired) electrons. The summed E-state index contributed by atoms with van der Waals surface area (Å²) in [5.74, 6) is 1.08. The first-order valence-electron chi connectivity index (χ1n) is 15.1. The lowest BCUT2D eigenvalue weighted by atomic mass is 10.0. The van der Waals surface area contributed by atoms with E-state index in [4.69, 9.17) is 4.74 Å². The van der Waals surface area contributed by atoms with Crippen molar-refractivity contribution in [3.8, 4) is 5.75 Å². The Morgan fingerprint density at radius 2 is 1.82 bits per heavy atom. The van der Waals surface area contributed by atoms with Gasteiger partial charge < -0.3 is 34.9 Å². The number of piperidine rings is 1. The van der Waals surface area contributed by atoms with Gasteiger partial charge in [-0.3, -0.25) is 4.79 Å². The van der Waals surface area contributed by atoms with E-state index < -0.39 is 5.51 Å². The lowest BCUT2D eigenvalue weighted by Gasteiger charge is -2.35. The van der Waals surface area contributed by atoms with Gasteiger partial charge in [-0.15, -0.1) is 0 Å². The van der Waals surface area contributed by atoms with E-state index in [1.165, 1.54) is 23.9 Å². The molecule has 0 unspecified atom stereocenters. The summed E-state index contributed by atoms with van der Waals surface area (Å²) in [6, 6.07) is 6.86. The zero-order chi connectivity index (χ0) is 31.6. The molecular formula is C31H36F3N7O3S. The van der Waals surface area contributed by atoms with Gasteiger partial charge in [-0.2, -0.15) is 13.2 Å². The molecular weight excluding hydrogens is 607 g/mol. The van der Waals surface area contributed by atoms with Crippen LogP contribution in [0.15, 0.2) is 47.8 Å². The molecule has 45 heavy (non-hydrogen) atoms. The van der Waals surface area contributed by atoms with E-state index in [2.05, 4.69) is 20.9 Å². The van der Waals surface area contributed by atoms with Crippen molar-refractivity contribution in [3.63, 3.8) is 0 Å². The number of hydrogen-bond donors (Lipinski definition) is 3. The van der Waals surface area contributed by atoms with Crippen LogP contribution in [-0.4, -0.2) is 89.1 Å². The minimum atomic E-state index is -4.48. The van der Waals surface area contributed by atoms with Gasteiger partial charge >= 0.3 is 11.5 Å². The number of thioether (sulfide) groups is 1. The molecule has 9 rings (SSSR count). The first-order chi connectivity index (χ1) is 21.7. The lowest BCUT2D eigenvalue weighted by Crippen LogP contribution is -2.48. The first-order valence-corrected chi connectivity index (χ1v) is 15.9. The van der Waals surface area contributed by atoms with Gasteiger partial charge in [0.25, 0.3) is 5.91 Å². The second kappa shape index (κ2) is 13.1. The Balaban J connectivity index is 1.29. The van der Waals surface area contributed by atoms with E-state index in [0.717, 1.165) is 12.8 Å². The monoisotopic (exact) mass is 643 g/mol. The molecule has 6 aliphatic heterocycles. The van der Waals surface area contributed by atoms with E-state index in [1.807, 2.05) is 9.80 Å². The highest BCUT2D eigenvalue weighted by Crippen LogP contribution is 2.41. The highest BCUT2D eigenvalue weighted by atomic mass is 32.2. The summed E-state index contributed by atoms with van der Waals surface area (Å²) in [6.45, 7) is 3.33. The molecule has 0 spiro atoms. The normalized spacial score (nSPS) is 22.1. The molecule has 14 heteroatoms. The molecule has 2 fully saturated rings. The highest BCUT2D eigenvalue weighted by molar-refractivity contribution is 8.00. The minimum Gasteiger partial charge on any atom is -0.495 e. The molecule has 1 atom stereocenters. The fourth-order valence-electron chi connectivity index (χ4n) is 6.22. The topological polar surface area (TPSA) is 103 Å². The number of halogens is 3. The number of alkyl halides is 3. The average molecular weight is 644 g/mol. The van der Waals surface area contributed by atoms with Crippen LogP contribution in [0.25, 0.3) is 11.6 Å². The number of anilines is 2. The summed E-state index contributed by atoms with van der Waals surface area (Å²) in [7, 11) is 1.51. The van der Waals surface area contributed by atoms with E-state index in [0.29, 0.717) is 91.9 Å². The zero-order valence-corrected chi connectivity index (χ0v) is 25.7. The predicted octanol–water partition coefficient (Wildman–Crippen LogP) is 5.53. The van der Waals surface area contributed by atoms with Crippen LogP contribution in [0.3, 0.4) is 0 Å². The lowest BCUT2D eigenvalue weighted by molar-refractivity contribution is -0.0329. The zero-order valence-electron chi connectivity index (χ0n) is 24.9. The maximum Gasteiger partial charge on any atom is 0.447 e. The fourth-order valence-corrected chi connectivity index (χ4v) is 6.94. The highest BCUT2D eigenvalue weighted by Gasteiger charge is 2.34. The number of urea groups is 1. The second-order valence-electron chi connectivity index (χ2n) is 11.5. The molecule has 3 amide bonds. The van der Waals surface area contributed by atoms with Crippen LogP contribution in [0, 0.1) is 5.92 Å². The molecule has 8 heterocycles. The van der Waals surface area contributed by atoms with Crippen molar-refractivity contribution in [1.29, 1.82) is 0 Å². The van der Waals surface area contributed by atoms with Crippen molar-refractivity contribution >= 4 is 46.8 Å². The van der Waals surface area contributed by atoms with Crippen LogP contribution >= 0.6 is 11.8 Å². The third-order valence-corrected chi connectivity index (χ3v) is 9.42. The van der Waals surface area contributed by atoms with Crippen molar-refractivity contribution < 1.29 is 27.5 Å². The largest absolute Gasteiger partial charge is 0.495 e. The Labute approximate surface area is 263 Å². The number of ether oxygens (including phenoxy) is 1.